The second-order valence-corrected chi connectivity index (χ2v) is 4.46. The van der Waals surface area contributed by atoms with Crippen molar-refractivity contribution in [2.45, 2.75) is 25.8 Å². The molecule has 1 aliphatic rings. The molecule has 2 atom stereocenters. The van der Waals surface area contributed by atoms with Crippen molar-refractivity contribution in [1.29, 1.82) is 0 Å². The molecule has 0 bridgehead atoms. The SMILES string of the molecule is CCC1CN(C(=O)c2cn[nH]n2)CCC1NC. The molecule has 1 fully saturated rings. The average molecular weight is 237 g/mol. The number of aromatic amines is 1. The van der Waals surface area contributed by atoms with E-state index in [2.05, 4.69) is 27.7 Å². The maximum atomic E-state index is 12.1. The number of nitrogens with zero attached hydrogens (tertiary/aromatic N) is 3. The molecule has 1 aromatic heterocycles. The first kappa shape index (κ1) is 12.0. The summed E-state index contributed by atoms with van der Waals surface area (Å²) >= 11 is 0. The van der Waals surface area contributed by atoms with Gasteiger partial charge in [-0.3, -0.25) is 4.79 Å². The molecule has 1 aliphatic heterocycles. The van der Waals surface area contributed by atoms with E-state index in [9.17, 15) is 4.79 Å². The van der Waals surface area contributed by atoms with Gasteiger partial charge in [0.1, 0.15) is 0 Å². The van der Waals surface area contributed by atoms with Gasteiger partial charge < -0.3 is 10.2 Å². The number of rotatable bonds is 3. The Kier molecular flexibility index (Phi) is 3.73. The zero-order valence-electron chi connectivity index (χ0n) is 10.3. The normalized spacial score (nSPS) is 24.9. The molecule has 2 unspecified atom stereocenters. The lowest BCUT2D eigenvalue weighted by molar-refractivity contribution is 0.0626. The second kappa shape index (κ2) is 5.27. The van der Waals surface area contributed by atoms with Gasteiger partial charge in [0.05, 0.1) is 6.20 Å². The maximum Gasteiger partial charge on any atom is 0.276 e. The van der Waals surface area contributed by atoms with E-state index in [0.29, 0.717) is 17.7 Å². The molecule has 2 heterocycles. The van der Waals surface area contributed by atoms with Crippen LogP contribution in [-0.4, -0.2) is 52.4 Å². The van der Waals surface area contributed by atoms with Gasteiger partial charge in [0.25, 0.3) is 5.91 Å². The van der Waals surface area contributed by atoms with E-state index in [1.807, 2.05) is 11.9 Å². The monoisotopic (exact) mass is 237 g/mol. The van der Waals surface area contributed by atoms with E-state index < -0.39 is 0 Å². The van der Waals surface area contributed by atoms with Crippen molar-refractivity contribution in [3.8, 4) is 0 Å². The lowest BCUT2D eigenvalue weighted by atomic mass is 9.90. The molecule has 2 N–H and O–H groups in total. The predicted molar refractivity (Wildman–Crippen MR) is 63.5 cm³/mol. The molecular formula is C11H19N5O. The van der Waals surface area contributed by atoms with Crippen molar-refractivity contribution in [3.63, 3.8) is 0 Å². The van der Waals surface area contributed by atoms with Crippen LogP contribution in [0.3, 0.4) is 0 Å². The molecule has 0 radical (unpaired) electrons. The molecule has 6 heteroatoms. The molecule has 6 nitrogen and oxygen atoms in total. The van der Waals surface area contributed by atoms with Gasteiger partial charge in [0.2, 0.25) is 0 Å². The van der Waals surface area contributed by atoms with E-state index in [1.54, 1.807) is 0 Å². The van der Waals surface area contributed by atoms with Gasteiger partial charge in [-0.25, -0.2) is 0 Å². The van der Waals surface area contributed by atoms with Gasteiger partial charge in [-0.2, -0.15) is 15.4 Å². The Labute approximate surface area is 101 Å². The summed E-state index contributed by atoms with van der Waals surface area (Å²) in [7, 11) is 1.99. The van der Waals surface area contributed by atoms with Crippen LogP contribution in [0.4, 0.5) is 0 Å². The lowest BCUT2D eigenvalue weighted by Crippen LogP contribution is -2.50. The molecule has 0 aliphatic carbocycles. The first-order valence-electron chi connectivity index (χ1n) is 6.08. The Morgan fingerprint density at radius 2 is 2.53 bits per heavy atom. The molecule has 94 valence electrons. The first-order valence-corrected chi connectivity index (χ1v) is 6.08. The third kappa shape index (κ3) is 2.46. The number of H-pyrrole nitrogens is 1. The van der Waals surface area contributed by atoms with Gasteiger partial charge in [0.15, 0.2) is 5.69 Å². The van der Waals surface area contributed by atoms with Gasteiger partial charge in [0, 0.05) is 19.1 Å². The summed E-state index contributed by atoms with van der Waals surface area (Å²) in [6.07, 6.45) is 3.56. The van der Waals surface area contributed by atoms with Crippen LogP contribution in [0.5, 0.6) is 0 Å². The third-order valence-electron chi connectivity index (χ3n) is 3.55. The minimum absolute atomic E-state index is 0.0215. The fourth-order valence-corrected chi connectivity index (χ4v) is 2.48. The summed E-state index contributed by atoms with van der Waals surface area (Å²) in [5, 5.41) is 13.3. The number of nitrogens with one attached hydrogen (secondary N) is 2. The van der Waals surface area contributed by atoms with Crippen LogP contribution in [-0.2, 0) is 0 Å². The molecule has 0 saturated carbocycles. The predicted octanol–water partition coefficient (Wildman–Crippen LogP) is 0.265. The van der Waals surface area contributed by atoms with E-state index in [4.69, 9.17) is 0 Å². The van der Waals surface area contributed by atoms with Gasteiger partial charge in [-0.1, -0.05) is 13.3 Å². The number of carbonyl (C=O) groups is 1. The molecule has 0 aromatic carbocycles. The number of hydrogen-bond donors (Lipinski definition) is 2. The quantitative estimate of drug-likeness (QED) is 0.791. The summed E-state index contributed by atoms with van der Waals surface area (Å²) in [6.45, 7) is 3.75. The number of piperidine rings is 1. The zero-order chi connectivity index (χ0) is 12.3. The van der Waals surface area contributed by atoms with E-state index in [1.165, 1.54) is 6.20 Å². The fraction of sp³-hybridized carbons (Fsp3) is 0.727. The second-order valence-electron chi connectivity index (χ2n) is 4.46. The molecule has 1 aromatic rings. The minimum Gasteiger partial charge on any atom is -0.337 e. The van der Waals surface area contributed by atoms with Crippen molar-refractivity contribution in [3.05, 3.63) is 11.9 Å². The Bertz CT molecular complexity index is 364. The highest BCUT2D eigenvalue weighted by Gasteiger charge is 2.30. The van der Waals surface area contributed by atoms with Crippen LogP contribution < -0.4 is 5.32 Å². The van der Waals surface area contributed by atoms with Crippen molar-refractivity contribution in [2.75, 3.05) is 20.1 Å². The van der Waals surface area contributed by atoms with Crippen molar-refractivity contribution < 1.29 is 4.79 Å². The van der Waals surface area contributed by atoms with Gasteiger partial charge >= 0.3 is 0 Å². The number of amides is 1. The average Bonchev–Trinajstić information content (AvgIpc) is 2.90. The van der Waals surface area contributed by atoms with Crippen molar-refractivity contribution in [1.82, 2.24) is 25.6 Å². The summed E-state index contributed by atoms with van der Waals surface area (Å²) in [6, 6.07) is 0.515. The van der Waals surface area contributed by atoms with Crippen LogP contribution in [0, 0.1) is 5.92 Å². The highest BCUT2D eigenvalue weighted by molar-refractivity contribution is 5.91. The Morgan fingerprint density at radius 3 is 3.12 bits per heavy atom. The number of likely N-dealkylation sites (tertiary alicyclic amines) is 1. The smallest absolute Gasteiger partial charge is 0.276 e. The maximum absolute atomic E-state index is 12.1. The van der Waals surface area contributed by atoms with Crippen molar-refractivity contribution in [2.24, 2.45) is 5.92 Å². The highest BCUT2D eigenvalue weighted by atomic mass is 16.2. The Balaban J connectivity index is 2.02. The van der Waals surface area contributed by atoms with E-state index >= 15 is 0 Å². The lowest BCUT2D eigenvalue weighted by Gasteiger charge is -2.37. The van der Waals surface area contributed by atoms with Gasteiger partial charge in [-0.05, 0) is 19.4 Å². The number of aromatic nitrogens is 3. The Morgan fingerprint density at radius 1 is 1.71 bits per heavy atom. The fourth-order valence-electron chi connectivity index (χ4n) is 2.48. The summed E-state index contributed by atoms with van der Waals surface area (Å²) in [5.74, 6) is 0.497. The van der Waals surface area contributed by atoms with Crippen LogP contribution in [0.2, 0.25) is 0 Å². The molecule has 0 spiro atoms. The molecular weight excluding hydrogens is 218 g/mol. The zero-order valence-corrected chi connectivity index (χ0v) is 10.3. The largest absolute Gasteiger partial charge is 0.337 e. The number of hydrogen-bond acceptors (Lipinski definition) is 4. The van der Waals surface area contributed by atoms with E-state index in [-0.39, 0.29) is 5.91 Å². The summed E-state index contributed by atoms with van der Waals surface area (Å²) < 4.78 is 0. The molecule has 1 saturated heterocycles. The van der Waals surface area contributed by atoms with E-state index in [0.717, 1.165) is 25.9 Å². The number of carbonyl (C=O) groups excluding carboxylic acids is 1. The summed E-state index contributed by atoms with van der Waals surface area (Å²) in [5.41, 5.74) is 0.405. The van der Waals surface area contributed by atoms with Crippen LogP contribution in [0.15, 0.2) is 6.20 Å². The standard InChI is InChI=1S/C11H19N5O/c1-3-8-7-16(5-4-9(8)12-2)11(17)10-6-13-15-14-10/h6,8-9,12H,3-5,7H2,1-2H3,(H,13,14,15). The molecule has 1 amide bonds. The Hall–Kier alpha value is -1.43. The van der Waals surface area contributed by atoms with Crippen LogP contribution in [0.1, 0.15) is 30.3 Å². The van der Waals surface area contributed by atoms with Crippen molar-refractivity contribution >= 4 is 5.91 Å². The highest BCUT2D eigenvalue weighted by Crippen LogP contribution is 2.20. The van der Waals surface area contributed by atoms with Gasteiger partial charge in [-0.15, -0.1) is 0 Å². The molecule has 2 rings (SSSR count). The van der Waals surface area contributed by atoms with Crippen LogP contribution in [0.25, 0.3) is 0 Å². The molecule has 17 heavy (non-hydrogen) atoms. The first-order chi connectivity index (χ1) is 8.26. The summed E-state index contributed by atoms with van der Waals surface area (Å²) in [4.78, 5) is 14.0. The van der Waals surface area contributed by atoms with Crippen LogP contribution >= 0.6 is 0 Å². The third-order valence-corrected chi connectivity index (χ3v) is 3.55. The minimum atomic E-state index is -0.0215. The topological polar surface area (TPSA) is 73.9 Å².